The topological polar surface area (TPSA) is 57.1 Å². The first-order valence-corrected chi connectivity index (χ1v) is 8.13. The maximum Gasteiger partial charge on any atom is 0.332 e. The van der Waals surface area contributed by atoms with Crippen molar-refractivity contribution in [1.29, 1.82) is 0 Å². The van der Waals surface area contributed by atoms with Crippen molar-refractivity contribution < 1.29 is 8.81 Å². The molecule has 0 radical (unpaired) electrons. The van der Waals surface area contributed by atoms with Gasteiger partial charge in [0.25, 0.3) is 5.56 Å². The summed E-state index contributed by atoms with van der Waals surface area (Å²) in [7, 11) is 0. The van der Waals surface area contributed by atoms with Gasteiger partial charge in [-0.05, 0) is 42.0 Å². The third-order valence-corrected chi connectivity index (χ3v) is 4.26. The molecule has 0 atom stereocenters. The SMILES string of the molecule is O=c1c2ccccc2n(Cc2cccc(F)c2)c(=O)n1Cc1ccco1. The van der Waals surface area contributed by atoms with Crippen LogP contribution in [0.4, 0.5) is 4.39 Å². The highest BCUT2D eigenvalue weighted by Gasteiger charge is 2.14. The number of halogens is 1. The molecule has 0 unspecified atom stereocenters. The van der Waals surface area contributed by atoms with Crippen LogP contribution in [0.2, 0.25) is 0 Å². The van der Waals surface area contributed by atoms with Gasteiger partial charge in [-0.25, -0.2) is 9.18 Å². The summed E-state index contributed by atoms with van der Waals surface area (Å²) >= 11 is 0. The van der Waals surface area contributed by atoms with Crippen molar-refractivity contribution in [2.75, 3.05) is 0 Å². The van der Waals surface area contributed by atoms with Crippen LogP contribution < -0.4 is 11.2 Å². The normalized spacial score (nSPS) is 11.1. The molecule has 2 aromatic heterocycles. The molecule has 2 heterocycles. The van der Waals surface area contributed by atoms with E-state index in [-0.39, 0.29) is 24.5 Å². The van der Waals surface area contributed by atoms with E-state index in [1.165, 1.54) is 23.0 Å². The first-order valence-electron chi connectivity index (χ1n) is 8.13. The molecule has 5 nitrogen and oxygen atoms in total. The summed E-state index contributed by atoms with van der Waals surface area (Å²) < 4.78 is 21.4. The lowest BCUT2D eigenvalue weighted by molar-refractivity contribution is 0.479. The highest BCUT2D eigenvalue weighted by molar-refractivity contribution is 5.77. The number of hydrogen-bond acceptors (Lipinski definition) is 3. The summed E-state index contributed by atoms with van der Waals surface area (Å²) in [6.45, 7) is 0.203. The zero-order valence-corrected chi connectivity index (χ0v) is 13.8. The van der Waals surface area contributed by atoms with Crippen LogP contribution in [-0.4, -0.2) is 9.13 Å². The van der Waals surface area contributed by atoms with Gasteiger partial charge in [0.15, 0.2) is 0 Å². The fourth-order valence-corrected chi connectivity index (χ4v) is 3.04. The fraction of sp³-hybridized carbons (Fsp3) is 0.100. The molecule has 0 saturated heterocycles. The van der Waals surface area contributed by atoms with Gasteiger partial charge in [-0.1, -0.05) is 24.3 Å². The molecule has 6 heteroatoms. The Hall–Kier alpha value is -3.41. The third kappa shape index (κ3) is 2.86. The Morgan fingerprint density at radius 2 is 1.73 bits per heavy atom. The van der Waals surface area contributed by atoms with E-state index >= 15 is 0 Å². The Labute approximate surface area is 147 Å². The number of rotatable bonds is 4. The van der Waals surface area contributed by atoms with Crippen molar-refractivity contribution in [2.24, 2.45) is 0 Å². The average molecular weight is 350 g/mol. The predicted molar refractivity (Wildman–Crippen MR) is 95.8 cm³/mol. The van der Waals surface area contributed by atoms with Gasteiger partial charge in [0.05, 0.1) is 30.3 Å². The summed E-state index contributed by atoms with van der Waals surface area (Å²) in [6, 6.07) is 16.4. The highest BCUT2D eigenvalue weighted by atomic mass is 19.1. The van der Waals surface area contributed by atoms with Crippen LogP contribution in [0.1, 0.15) is 11.3 Å². The monoisotopic (exact) mass is 350 g/mol. The van der Waals surface area contributed by atoms with Crippen molar-refractivity contribution in [3.63, 3.8) is 0 Å². The van der Waals surface area contributed by atoms with Crippen molar-refractivity contribution >= 4 is 10.9 Å². The van der Waals surface area contributed by atoms with Gasteiger partial charge in [-0.3, -0.25) is 13.9 Å². The first kappa shape index (κ1) is 16.1. The van der Waals surface area contributed by atoms with E-state index < -0.39 is 5.69 Å². The molecule has 2 aromatic carbocycles. The second-order valence-corrected chi connectivity index (χ2v) is 5.99. The van der Waals surface area contributed by atoms with Gasteiger partial charge >= 0.3 is 5.69 Å². The van der Waals surface area contributed by atoms with E-state index in [0.717, 1.165) is 4.57 Å². The minimum absolute atomic E-state index is 0.0403. The van der Waals surface area contributed by atoms with Gasteiger partial charge in [0.2, 0.25) is 0 Å². The summed E-state index contributed by atoms with van der Waals surface area (Å²) in [5, 5.41) is 0.426. The zero-order chi connectivity index (χ0) is 18.1. The van der Waals surface area contributed by atoms with Gasteiger partial charge in [0.1, 0.15) is 11.6 Å². The summed E-state index contributed by atoms with van der Waals surface area (Å²) in [4.78, 5) is 25.8. The largest absolute Gasteiger partial charge is 0.467 e. The minimum atomic E-state index is -0.464. The molecule has 0 aliphatic rings. The molecule has 0 spiro atoms. The number of para-hydroxylation sites is 1. The van der Waals surface area contributed by atoms with E-state index in [0.29, 0.717) is 22.2 Å². The molecule has 0 aliphatic heterocycles. The number of furan rings is 1. The number of aromatic nitrogens is 2. The maximum atomic E-state index is 13.5. The Balaban J connectivity index is 1.93. The van der Waals surface area contributed by atoms with E-state index in [2.05, 4.69) is 0 Å². The van der Waals surface area contributed by atoms with Crippen LogP contribution >= 0.6 is 0 Å². The van der Waals surface area contributed by atoms with Crippen molar-refractivity contribution in [1.82, 2.24) is 9.13 Å². The van der Waals surface area contributed by atoms with Crippen LogP contribution in [0.25, 0.3) is 10.9 Å². The van der Waals surface area contributed by atoms with Crippen molar-refractivity contribution in [2.45, 2.75) is 13.1 Å². The van der Waals surface area contributed by atoms with Crippen molar-refractivity contribution in [3.05, 3.63) is 105 Å². The maximum absolute atomic E-state index is 13.5. The summed E-state index contributed by atoms with van der Waals surface area (Å²) in [5.41, 5.74) is 0.315. The standard InChI is InChI=1S/C20H15FN2O3/c21-15-6-3-5-14(11-15)12-22-18-9-2-1-8-17(18)19(24)23(20(22)25)13-16-7-4-10-26-16/h1-11H,12-13H2. The number of hydrogen-bond donors (Lipinski definition) is 0. The Bertz CT molecular complexity index is 1190. The zero-order valence-electron chi connectivity index (χ0n) is 13.8. The molecular formula is C20H15FN2O3. The summed E-state index contributed by atoms with van der Waals surface area (Å²) in [6.07, 6.45) is 1.49. The Morgan fingerprint density at radius 3 is 2.50 bits per heavy atom. The Kier molecular flexibility index (Phi) is 4.01. The summed E-state index contributed by atoms with van der Waals surface area (Å²) in [5.74, 6) is 0.139. The molecule has 4 aromatic rings. The van der Waals surface area contributed by atoms with Crippen molar-refractivity contribution in [3.8, 4) is 0 Å². The minimum Gasteiger partial charge on any atom is -0.467 e. The first-order chi connectivity index (χ1) is 12.6. The molecule has 0 N–H and O–H groups in total. The second kappa shape index (κ2) is 6.48. The molecule has 0 aliphatic carbocycles. The lowest BCUT2D eigenvalue weighted by atomic mass is 10.2. The fourth-order valence-electron chi connectivity index (χ4n) is 3.04. The quantitative estimate of drug-likeness (QED) is 0.569. The van der Waals surface area contributed by atoms with Crippen LogP contribution in [-0.2, 0) is 13.1 Å². The Morgan fingerprint density at radius 1 is 0.885 bits per heavy atom. The number of nitrogens with zero attached hydrogens (tertiary/aromatic N) is 2. The number of benzene rings is 2. The van der Waals surface area contributed by atoms with E-state index in [9.17, 15) is 14.0 Å². The van der Waals surface area contributed by atoms with E-state index in [1.807, 2.05) is 0 Å². The molecule has 26 heavy (non-hydrogen) atoms. The average Bonchev–Trinajstić information content (AvgIpc) is 3.16. The van der Waals surface area contributed by atoms with E-state index in [1.54, 1.807) is 48.5 Å². The molecule has 130 valence electrons. The molecule has 0 fully saturated rings. The molecule has 4 rings (SSSR count). The molecule has 0 saturated carbocycles. The van der Waals surface area contributed by atoms with Crippen LogP contribution in [0, 0.1) is 5.82 Å². The van der Waals surface area contributed by atoms with E-state index in [4.69, 9.17) is 4.42 Å². The lowest BCUT2D eigenvalue weighted by Gasteiger charge is -2.13. The van der Waals surface area contributed by atoms with Gasteiger partial charge in [0, 0.05) is 0 Å². The molecule has 0 bridgehead atoms. The lowest BCUT2D eigenvalue weighted by Crippen LogP contribution is -2.40. The van der Waals surface area contributed by atoms with Gasteiger partial charge in [-0.2, -0.15) is 0 Å². The highest BCUT2D eigenvalue weighted by Crippen LogP contribution is 2.12. The second-order valence-electron chi connectivity index (χ2n) is 5.99. The van der Waals surface area contributed by atoms with Crippen LogP contribution in [0.3, 0.4) is 0 Å². The predicted octanol–water partition coefficient (Wildman–Crippen LogP) is 2.99. The molecule has 0 amide bonds. The molecular weight excluding hydrogens is 335 g/mol. The van der Waals surface area contributed by atoms with Crippen LogP contribution in [0.15, 0.2) is 80.9 Å². The van der Waals surface area contributed by atoms with Gasteiger partial charge < -0.3 is 4.42 Å². The third-order valence-electron chi connectivity index (χ3n) is 4.26. The van der Waals surface area contributed by atoms with Crippen LogP contribution in [0.5, 0.6) is 0 Å². The van der Waals surface area contributed by atoms with Gasteiger partial charge in [-0.15, -0.1) is 0 Å². The smallest absolute Gasteiger partial charge is 0.332 e. The number of fused-ring (bicyclic) bond motifs is 1.